The SMILES string of the molecule is COc1cc(Oc2cccc(C(F)(F)F)c2)nc(C(=S)Nc2ccccc2)c1. The summed E-state index contributed by atoms with van der Waals surface area (Å²) >= 11 is 5.37. The first-order valence-electron chi connectivity index (χ1n) is 8.13. The van der Waals surface area contributed by atoms with Gasteiger partial charge in [0.05, 0.1) is 12.7 Å². The van der Waals surface area contributed by atoms with E-state index in [1.165, 1.54) is 25.3 Å². The molecule has 0 radical (unpaired) electrons. The van der Waals surface area contributed by atoms with E-state index in [0.29, 0.717) is 16.4 Å². The standard InChI is InChI=1S/C20H15F3N2O2S/c1-26-16-11-17(19(28)24-14-7-3-2-4-8-14)25-18(12-16)27-15-9-5-6-13(10-15)20(21,22)23/h2-12H,1H3,(H,24,28). The number of nitrogens with one attached hydrogen (secondary N) is 1. The predicted octanol–water partition coefficient (Wildman–Crippen LogP) is 5.69. The molecule has 0 amide bonds. The second kappa shape index (κ2) is 8.26. The molecule has 3 rings (SSSR count). The molecule has 0 saturated carbocycles. The summed E-state index contributed by atoms with van der Waals surface area (Å²) in [5.41, 5.74) is 0.326. The van der Waals surface area contributed by atoms with Crippen LogP contribution in [-0.4, -0.2) is 17.1 Å². The quantitative estimate of drug-likeness (QED) is 0.554. The molecule has 28 heavy (non-hydrogen) atoms. The summed E-state index contributed by atoms with van der Waals surface area (Å²) in [6, 6.07) is 16.9. The molecular formula is C20H15F3N2O2S. The number of hydrogen-bond acceptors (Lipinski definition) is 4. The zero-order chi connectivity index (χ0) is 20.1. The highest BCUT2D eigenvalue weighted by Gasteiger charge is 2.30. The second-order valence-electron chi connectivity index (χ2n) is 5.68. The van der Waals surface area contributed by atoms with Crippen molar-refractivity contribution >= 4 is 22.9 Å². The maximum atomic E-state index is 12.9. The maximum Gasteiger partial charge on any atom is 0.416 e. The lowest BCUT2D eigenvalue weighted by Gasteiger charge is -2.13. The van der Waals surface area contributed by atoms with Gasteiger partial charge in [0.2, 0.25) is 5.88 Å². The van der Waals surface area contributed by atoms with Gasteiger partial charge in [-0.1, -0.05) is 36.5 Å². The predicted molar refractivity (Wildman–Crippen MR) is 104 cm³/mol. The van der Waals surface area contributed by atoms with Crippen LogP contribution >= 0.6 is 12.2 Å². The van der Waals surface area contributed by atoms with Crippen molar-refractivity contribution in [3.63, 3.8) is 0 Å². The van der Waals surface area contributed by atoms with E-state index in [9.17, 15) is 13.2 Å². The molecule has 0 aliphatic rings. The molecule has 0 fully saturated rings. The molecule has 8 heteroatoms. The van der Waals surface area contributed by atoms with Gasteiger partial charge in [0.1, 0.15) is 22.2 Å². The van der Waals surface area contributed by atoms with Crippen molar-refractivity contribution in [3.8, 4) is 17.4 Å². The van der Waals surface area contributed by atoms with Gasteiger partial charge >= 0.3 is 6.18 Å². The summed E-state index contributed by atoms with van der Waals surface area (Å²) in [5.74, 6) is 0.471. The van der Waals surface area contributed by atoms with Crippen LogP contribution in [0.4, 0.5) is 18.9 Å². The highest BCUT2D eigenvalue weighted by Crippen LogP contribution is 2.33. The average molecular weight is 404 g/mol. The van der Waals surface area contributed by atoms with E-state index < -0.39 is 11.7 Å². The van der Waals surface area contributed by atoms with Crippen LogP contribution in [-0.2, 0) is 6.18 Å². The first-order chi connectivity index (χ1) is 13.3. The van der Waals surface area contributed by atoms with Crippen LogP contribution in [0.5, 0.6) is 17.4 Å². The highest BCUT2D eigenvalue weighted by molar-refractivity contribution is 7.81. The van der Waals surface area contributed by atoms with E-state index in [4.69, 9.17) is 21.7 Å². The number of benzene rings is 2. The number of ether oxygens (including phenoxy) is 2. The van der Waals surface area contributed by atoms with E-state index in [2.05, 4.69) is 10.3 Å². The smallest absolute Gasteiger partial charge is 0.416 e. The number of nitrogens with zero attached hydrogens (tertiary/aromatic N) is 1. The molecule has 1 heterocycles. The van der Waals surface area contributed by atoms with Gasteiger partial charge in [-0.2, -0.15) is 13.2 Å². The molecule has 0 atom stereocenters. The van der Waals surface area contributed by atoms with Crippen molar-refractivity contribution in [1.82, 2.24) is 4.98 Å². The fourth-order valence-corrected chi connectivity index (χ4v) is 2.56. The topological polar surface area (TPSA) is 43.4 Å². The first-order valence-corrected chi connectivity index (χ1v) is 8.53. The van der Waals surface area contributed by atoms with E-state index >= 15 is 0 Å². The number of rotatable bonds is 5. The monoisotopic (exact) mass is 404 g/mol. The Morgan fingerprint density at radius 3 is 2.39 bits per heavy atom. The number of methoxy groups -OCH3 is 1. The third-order valence-electron chi connectivity index (χ3n) is 3.66. The van der Waals surface area contributed by atoms with Crippen LogP contribution in [0.15, 0.2) is 66.7 Å². The van der Waals surface area contributed by atoms with Crippen LogP contribution in [0.25, 0.3) is 0 Å². The summed E-state index contributed by atoms with van der Waals surface area (Å²) in [4.78, 5) is 4.60. The lowest BCUT2D eigenvalue weighted by molar-refractivity contribution is -0.137. The second-order valence-corrected chi connectivity index (χ2v) is 6.09. The van der Waals surface area contributed by atoms with Crippen molar-refractivity contribution in [2.24, 2.45) is 0 Å². The molecule has 0 unspecified atom stereocenters. The Bertz CT molecular complexity index is 979. The molecule has 1 aromatic heterocycles. The number of alkyl halides is 3. The van der Waals surface area contributed by atoms with Crippen molar-refractivity contribution < 1.29 is 22.6 Å². The molecule has 1 N–H and O–H groups in total. The molecule has 2 aromatic carbocycles. The number of thiocarbonyl (C=S) groups is 1. The third-order valence-corrected chi connectivity index (χ3v) is 3.97. The molecule has 144 valence electrons. The number of pyridine rings is 1. The van der Waals surface area contributed by atoms with Crippen molar-refractivity contribution in [1.29, 1.82) is 0 Å². The molecular weight excluding hydrogens is 389 g/mol. The molecule has 0 bridgehead atoms. The van der Waals surface area contributed by atoms with Gasteiger partial charge in [0, 0.05) is 17.8 Å². The van der Waals surface area contributed by atoms with E-state index in [-0.39, 0.29) is 11.6 Å². The molecule has 0 aliphatic heterocycles. The number of hydrogen-bond donors (Lipinski definition) is 1. The van der Waals surface area contributed by atoms with Gasteiger partial charge in [-0.15, -0.1) is 0 Å². The van der Waals surface area contributed by atoms with Crippen LogP contribution in [0.2, 0.25) is 0 Å². The summed E-state index contributed by atoms with van der Waals surface area (Å²) in [5, 5.41) is 3.04. The average Bonchev–Trinajstić information content (AvgIpc) is 2.68. The molecule has 0 saturated heterocycles. The Hall–Kier alpha value is -3.13. The van der Waals surface area contributed by atoms with E-state index in [1.807, 2.05) is 30.3 Å². The molecule has 0 spiro atoms. The Kier molecular flexibility index (Phi) is 5.79. The number of aromatic nitrogens is 1. The summed E-state index contributed by atoms with van der Waals surface area (Å²) < 4.78 is 49.4. The Labute approximate surface area is 164 Å². The Balaban J connectivity index is 1.86. The zero-order valence-electron chi connectivity index (χ0n) is 14.7. The molecule has 0 aliphatic carbocycles. The van der Waals surface area contributed by atoms with Gasteiger partial charge in [0.15, 0.2) is 0 Å². The van der Waals surface area contributed by atoms with Crippen molar-refractivity contribution in [3.05, 3.63) is 78.0 Å². The van der Waals surface area contributed by atoms with Crippen LogP contribution < -0.4 is 14.8 Å². The van der Waals surface area contributed by atoms with Crippen LogP contribution in [0.1, 0.15) is 11.3 Å². The minimum absolute atomic E-state index is 0.00321. The van der Waals surface area contributed by atoms with Crippen molar-refractivity contribution in [2.45, 2.75) is 6.18 Å². The van der Waals surface area contributed by atoms with Crippen LogP contribution in [0.3, 0.4) is 0 Å². The number of anilines is 1. The molecule has 4 nitrogen and oxygen atoms in total. The summed E-state index contributed by atoms with van der Waals surface area (Å²) in [6.07, 6.45) is -4.46. The normalized spacial score (nSPS) is 11.0. The zero-order valence-corrected chi connectivity index (χ0v) is 15.5. The summed E-state index contributed by atoms with van der Waals surface area (Å²) in [7, 11) is 1.46. The molecule has 3 aromatic rings. The van der Waals surface area contributed by atoms with E-state index in [0.717, 1.165) is 17.8 Å². The number of halogens is 3. The van der Waals surface area contributed by atoms with Gasteiger partial charge < -0.3 is 14.8 Å². The number of para-hydroxylation sites is 1. The minimum atomic E-state index is -4.46. The maximum absolute atomic E-state index is 12.9. The largest absolute Gasteiger partial charge is 0.496 e. The summed E-state index contributed by atoms with van der Waals surface area (Å²) in [6.45, 7) is 0. The van der Waals surface area contributed by atoms with Gasteiger partial charge in [-0.25, -0.2) is 4.98 Å². The Morgan fingerprint density at radius 2 is 1.71 bits per heavy atom. The Morgan fingerprint density at radius 1 is 0.964 bits per heavy atom. The van der Waals surface area contributed by atoms with Crippen LogP contribution in [0, 0.1) is 0 Å². The fraction of sp³-hybridized carbons (Fsp3) is 0.100. The minimum Gasteiger partial charge on any atom is -0.496 e. The van der Waals surface area contributed by atoms with Gasteiger partial charge in [-0.05, 0) is 30.3 Å². The first kappa shape index (κ1) is 19.6. The fourth-order valence-electron chi connectivity index (χ4n) is 2.34. The van der Waals surface area contributed by atoms with E-state index in [1.54, 1.807) is 6.07 Å². The van der Waals surface area contributed by atoms with Gasteiger partial charge in [-0.3, -0.25) is 0 Å². The van der Waals surface area contributed by atoms with Gasteiger partial charge in [0.25, 0.3) is 0 Å². The van der Waals surface area contributed by atoms with Crippen molar-refractivity contribution in [2.75, 3.05) is 12.4 Å². The lowest BCUT2D eigenvalue weighted by atomic mass is 10.2. The third kappa shape index (κ3) is 4.98. The lowest BCUT2D eigenvalue weighted by Crippen LogP contribution is -2.13. The highest BCUT2D eigenvalue weighted by atomic mass is 32.1.